The highest BCUT2D eigenvalue weighted by Gasteiger charge is 2.60. The fourth-order valence-electron chi connectivity index (χ4n) is 6.35. The van der Waals surface area contributed by atoms with E-state index in [1.165, 1.54) is 23.8 Å². The van der Waals surface area contributed by atoms with E-state index in [2.05, 4.69) is 9.88 Å². The van der Waals surface area contributed by atoms with Crippen molar-refractivity contribution in [2.45, 2.75) is 50.6 Å². The maximum Gasteiger partial charge on any atom is 0.328 e. The van der Waals surface area contributed by atoms with Gasteiger partial charge in [0.05, 0.1) is 5.02 Å². The number of aromatic hydroxyl groups is 1. The van der Waals surface area contributed by atoms with E-state index >= 15 is 0 Å². The number of nitrogens with zero attached hydrogens (tertiary/aromatic N) is 3. The molecule has 3 aliphatic heterocycles. The molecule has 2 N–H and O–H groups in total. The van der Waals surface area contributed by atoms with Crippen LogP contribution in [0, 0.1) is 5.82 Å². The van der Waals surface area contributed by atoms with Gasteiger partial charge < -0.3 is 15.0 Å². The minimum atomic E-state index is -1.13. The second-order valence-corrected chi connectivity index (χ2v) is 11.0. The quantitative estimate of drug-likeness (QED) is 0.459. The van der Waals surface area contributed by atoms with E-state index in [0.717, 1.165) is 36.9 Å². The summed E-state index contributed by atoms with van der Waals surface area (Å²) < 4.78 is 14.3. The number of carbonyl (C=O) groups excluding carboxylic acids is 2. The fraction of sp³-hybridized carbons (Fsp3) is 0.429. The Morgan fingerprint density at radius 3 is 2.59 bits per heavy atom. The van der Waals surface area contributed by atoms with Crippen molar-refractivity contribution in [1.29, 1.82) is 0 Å². The number of hydrogen-bond donors (Lipinski definition) is 2. The Hall–Kier alpha value is -3.10. The maximum atomic E-state index is 14.3. The van der Waals surface area contributed by atoms with Crippen molar-refractivity contribution in [3.05, 3.63) is 64.1 Å². The van der Waals surface area contributed by atoms with Crippen LogP contribution in [0.2, 0.25) is 5.02 Å². The van der Waals surface area contributed by atoms with Gasteiger partial charge in [0, 0.05) is 36.1 Å². The Kier molecular flexibility index (Phi) is 5.92. The summed E-state index contributed by atoms with van der Waals surface area (Å²) in [5.74, 6) is -0.710. The molecule has 4 heterocycles. The zero-order chi connectivity index (χ0) is 25.9. The third-order valence-corrected chi connectivity index (χ3v) is 8.52. The molecular weight excluding hydrogens is 495 g/mol. The lowest BCUT2D eigenvalue weighted by molar-refractivity contribution is -0.133. The Balaban J connectivity index is 1.43. The highest BCUT2D eigenvalue weighted by Crippen LogP contribution is 2.49. The number of H-pyrrole nitrogens is 1. The molecule has 0 aliphatic carbocycles. The standard InChI is InChI=1S/C28H30ClFN4O3/c1-28-16-20-19-14-21(29)22(30)15-23(19)31-24(20)25(17-7-6-8-18(35)13-17)34(28)27(37)33(26(28)36)12-11-32-9-4-2-3-5-10-32/h6-8,13-15,25,31,35H,2-5,9-12,16H2,1H3/t25-,28+/m1/s1. The fourth-order valence-corrected chi connectivity index (χ4v) is 6.51. The van der Waals surface area contributed by atoms with Crippen LogP contribution in [0.1, 0.15) is 55.5 Å². The average Bonchev–Trinajstić information content (AvgIpc) is 3.13. The van der Waals surface area contributed by atoms with Gasteiger partial charge in [-0.1, -0.05) is 36.6 Å². The van der Waals surface area contributed by atoms with Crippen molar-refractivity contribution in [2.75, 3.05) is 26.2 Å². The molecule has 3 aliphatic rings. The van der Waals surface area contributed by atoms with Crippen LogP contribution in [0.3, 0.4) is 0 Å². The van der Waals surface area contributed by atoms with Crippen molar-refractivity contribution in [3.8, 4) is 5.75 Å². The van der Waals surface area contributed by atoms with E-state index < -0.39 is 17.4 Å². The van der Waals surface area contributed by atoms with Gasteiger partial charge in [-0.3, -0.25) is 14.6 Å². The molecule has 2 fully saturated rings. The molecule has 0 unspecified atom stereocenters. The van der Waals surface area contributed by atoms with Crippen LogP contribution in [-0.4, -0.2) is 68.4 Å². The van der Waals surface area contributed by atoms with E-state index in [-0.39, 0.29) is 29.1 Å². The lowest BCUT2D eigenvalue weighted by Crippen LogP contribution is -2.53. The molecule has 0 bridgehead atoms. The molecule has 2 saturated heterocycles. The van der Waals surface area contributed by atoms with Crippen molar-refractivity contribution in [1.82, 2.24) is 19.7 Å². The average molecular weight is 525 g/mol. The van der Waals surface area contributed by atoms with Crippen molar-refractivity contribution in [2.24, 2.45) is 0 Å². The van der Waals surface area contributed by atoms with E-state index in [0.29, 0.717) is 29.9 Å². The van der Waals surface area contributed by atoms with Crippen LogP contribution in [0.4, 0.5) is 9.18 Å². The number of imide groups is 1. The van der Waals surface area contributed by atoms with Crippen molar-refractivity contribution < 1.29 is 19.1 Å². The van der Waals surface area contributed by atoms with Gasteiger partial charge in [0.25, 0.3) is 5.91 Å². The van der Waals surface area contributed by atoms with Crippen LogP contribution in [0.15, 0.2) is 36.4 Å². The molecule has 9 heteroatoms. The number of aromatic nitrogens is 1. The summed E-state index contributed by atoms with van der Waals surface area (Å²) in [6.45, 7) is 4.76. The third-order valence-electron chi connectivity index (χ3n) is 8.23. The highest BCUT2D eigenvalue weighted by molar-refractivity contribution is 6.31. The zero-order valence-corrected chi connectivity index (χ0v) is 21.5. The SMILES string of the molecule is C[C@@]12Cc3c([nH]c4cc(F)c(Cl)cc34)[C@@H](c3cccc(O)c3)N1C(=O)N(CCN1CCCCCC1)C2=O. The summed E-state index contributed by atoms with van der Waals surface area (Å²) in [7, 11) is 0. The summed E-state index contributed by atoms with van der Waals surface area (Å²) in [5, 5.41) is 11.0. The molecular formula is C28H30ClFN4O3. The topological polar surface area (TPSA) is 79.9 Å². The number of phenolic OH excluding ortho intramolecular Hbond substituents is 1. The Morgan fingerprint density at radius 1 is 1.11 bits per heavy atom. The number of nitrogens with one attached hydrogen (secondary N) is 1. The predicted octanol–water partition coefficient (Wildman–Crippen LogP) is 5.21. The van der Waals surface area contributed by atoms with Gasteiger partial charge in [0.15, 0.2) is 0 Å². The number of benzene rings is 2. The molecule has 0 spiro atoms. The van der Waals surface area contributed by atoms with Gasteiger partial charge in [-0.15, -0.1) is 0 Å². The van der Waals surface area contributed by atoms with Crippen LogP contribution < -0.4 is 0 Å². The van der Waals surface area contributed by atoms with Crippen LogP contribution in [-0.2, 0) is 11.2 Å². The molecule has 3 aromatic rings. The number of likely N-dealkylation sites (tertiary alicyclic amines) is 1. The molecule has 3 amide bonds. The second-order valence-electron chi connectivity index (χ2n) is 10.6. The summed E-state index contributed by atoms with van der Waals surface area (Å²) in [4.78, 5) is 36.6. The summed E-state index contributed by atoms with van der Waals surface area (Å²) in [6, 6.07) is 8.65. The highest BCUT2D eigenvalue weighted by atomic mass is 35.5. The number of fused-ring (bicyclic) bond motifs is 4. The first kappa shape index (κ1) is 24.2. The molecule has 2 atom stereocenters. The lowest BCUT2D eigenvalue weighted by atomic mass is 9.81. The minimum absolute atomic E-state index is 0.00342. The van der Waals surface area contributed by atoms with E-state index in [1.807, 2.05) is 13.0 Å². The smallest absolute Gasteiger partial charge is 0.328 e. The van der Waals surface area contributed by atoms with Gasteiger partial charge >= 0.3 is 6.03 Å². The minimum Gasteiger partial charge on any atom is -0.508 e. The lowest BCUT2D eigenvalue weighted by Gasteiger charge is -2.42. The summed E-state index contributed by atoms with van der Waals surface area (Å²) in [5.41, 5.74) is 1.63. The normalized spacial score (nSPS) is 24.5. The molecule has 0 saturated carbocycles. The second kappa shape index (κ2) is 9.03. The van der Waals surface area contributed by atoms with Crippen LogP contribution in [0.5, 0.6) is 5.75 Å². The van der Waals surface area contributed by atoms with Gasteiger partial charge in [-0.2, -0.15) is 0 Å². The number of aromatic amines is 1. The Bertz CT molecular complexity index is 1400. The first-order chi connectivity index (χ1) is 17.8. The largest absolute Gasteiger partial charge is 0.508 e. The molecule has 194 valence electrons. The zero-order valence-electron chi connectivity index (χ0n) is 20.8. The van der Waals surface area contributed by atoms with Crippen LogP contribution in [0.25, 0.3) is 10.9 Å². The van der Waals surface area contributed by atoms with Crippen molar-refractivity contribution >= 4 is 34.4 Å². The van der Waals surface area contributed by atoms with Gasteiger partial charge in [0.2, 0.25) is 0 Å². The first-order valence-corrected chi connectivity index (χ1v) is 13.3. The Morgan fingerprint density at radius 2 is 1.86 bits per heavy atom. The molecule has 0 radical (unpaired) electrons. The number of amides is 3. The van der Waals surface area contributed by atoms with E-state index in [1.54, 1.807) is 29.2 Å². The number of hydrogen-bond acceptors (Lipinski definition) is 4. The molecule has 37 heavy (non-hydrogen) atoms. The monoisotopic (exact) mass is 524 g/mol. The summed E-state index contributed by atoms with van der Waals surface area (Å²) in [6.07, 6.45) is 4.99. The van der Waals surface area contributed by atoms with Crippen LogP contribution >= 0.6 is 11.6 Å². The van der Waals surface area contributed by atoms with E-state index in [4.69, 9.17) is 11.6 Å². The molecule has 6 rings (SSSR count). The van der Waals surface area contributed by atoms with Gasteiger partial charge in [-0.25, -0.2) is 9.18 Å². The van der Waals surface area contributed by atoms with E-state index in [9.17, 15) is 19.1 Å². The summed E-state index contributed by atoms with van der Waals surface area (Å²) >= 11 is 6.14. The number of phenols is 1. The maximum absolute atomic E-state index is 14.3. The van der Waals surface area contributed by atoms with Gasteiger partial charge in [0.1, 0.15) is 23.1 Å². The molecule has 7 nitrogen and oxygen atoms in total. The number of urea groups is 1. The Labute approximate surface area is 219 Å². The molecule has 2 aromatic carbocycles. The number of halogens is 2. The first-order valence-electron chi connectivity index (χ1n) is 12.9. The van der Waals surface area contributed by atoms with Gasteiger partial charge in [-0.05, 0) is 68.2 Å². The number of rotatable bonds is 4. The molecule has 1 aromatic heterocycles. The third kappa shape index (κ3) is 3.89. The predicted molar refractivity (Wildman–Crippen MR) is 139 cm³/mol. The number of carbonyl (C=O) groups is 2. The van der Waals surface area contributed by atoms with Crippen molar-refractivity contribution in [3.63, 3.8) is 0 Å².